The van der Waals surface area contributed by atoms with Gasteiger partial charge in [-0.25, -0.2) is 5.43 Å². The van der Waals surface area contributed by atoms with Crippen molar-refractivity contribution in [2.45, 2.75) is 26.4 Å². The highest BCUT2D eigenvalue weighted by Gasteiger charge is 2.16. The highest BCUT2D eigenvalue weighted by atomic mass is 79.9. The average molecular weight is 452 g/mol. The monoisotopic (exact) mass is 451 g/mol. The van der Waals surface area contributed by atoms with Crippen molar-refractivity contribution in [2.75, 3.05) is 6.54 Å². The van der Waals surface area contributed by atoms with Gasteiger partial charge in [0.1, 0.15) is 11.5 Å². The fourth-order valence-corrected chi connectivity index (χ4v) is 3.78. The van der Waals surface area contributed by atoms with E-state index in [1.54, 1.807) is 6.07 Å². The summed E-state index contributed by atoms with van der Waals surface area (Å²) in [5.74, 6) is 1.10. The van der Waals surface area contributed by atoms with Gasteiger partial charge in [-0.1, -0.05) is 36.4 Å². The number of carbonyl (C=O) groups is 1. The van der Waals surface area contributed by atoms with Crippen LogP contribution in [0.3, 0.4) is 0 Å². The lowest BCUT2D eigenvalue weighted by molar-refractivity contribution is 0.0955. The molecule has 1 amide bonds. The smallest absolute Gasteiger partial charge is 0.271 e. The molecule has 3 aromatic rings. The van der Waals surface area contributed by atoms with Crippen molar-refractivity contribution in [1.29, 1.82) is 0 Å². The summed E-state index contributed by atoms with van der Waals surface area (Å²) in [6.07, 6.45) is 2.57. The highest BCUT2D eigenvalue weighted by Crippen LogP contribution is 2.21. The van der Waals surface area contributed by atoms with E-state index >= 15 is 0 Å². The van der Waals surface area contributed by atoms with Gasteiger partial charge in [-0.15, -0.1) is 0 Å². The largest absolute Gasteiger partial charge is 0.459 e. The van der Waals surface area contributed by atoms with Crippen molar-refractivity contribution >= 4 is 28.1 Å². The van der Waals surface area contributed by atoms with Crippen molar-refractivity contribution < 1.29 is 9.21 Å². The number of amides is 1. The Bertz CT molecular complexity index is 1020. The Morgan fingerprint density at radius 3 is 2.69 bits per heavy atom. The van der Waals surface area contributed by atoms with E-state index in [0.717, 1.165) is 36.3 Å². The molecule has 1 aliphatic rings. The zero-order chi connectivity index (χ0) is 20.2. The molecule has 0 fully saturated rings. The molecule has 1 aromatic heterocycles. The molecule has 2 heterocycles. The summed E-state index contributed by atoms with van der Waals surface area (Å²) >= 11 is 3.38. The van der Waals surface area contributed by atoms with Crippen LogP contribution in [0.1, 0.15) is 38.6 Å². The predicted octanol–water partition coefficient (Wildman–Crippen LogP) is 4.67. The van der Waals surface area contributed by atoms with Gasteiger partial charge in [0, 0.05) is 31.3 Å². The molecule has 0 saturated heterocycles. The van der Waals surface area contributed by atoms with Gasteiger partial charge in [0.05, 0.1) is 10.7 Å². The van der Waals surface area contributed by atoms with Gasteiger partial charge in [-0.2, -0.15) is 5.10 Å². The first-order valence-corrected chi connectivity index (χ1v) is 10.4. The van der Waals surface area contributed by atoms with Crippen LogP contribution in [0.25, 0.3) is 0 Å². The van der Waals surface area contributed by atoms with Crippen LogP contribution in [-0.4, -0.2) is 23.6 Å². The average Bonchev–Trinajstić information content (AvgIpc) is 3.05. The number of hydrogen-bond donors (Lipinski definition) is 1. The van der Waals surface area contributed by atoms with E-state index in [9.17, 15) is 4.79 Å². The maximum absolute atomic E-state index is 12.3. The second-order valence-corrected chi connectivity index (χ2v) is 8.03. The fraction of sp³-hybridized carbons (Fsp3) is 0.217. The molecule has 1 N–H and O–H groups in total. The Balaban J connectivity index is 1.32. The molecule has 0 aliphatic carbocycles. The van der Waals surface area contributed by atoms with E-state index in [1.165, 1.54) is 22.9 Å². The first kappa shape index (κ1) is 19.6. The summed E-state index contributed by atoms with van der Waals surface area (Å²) in [6, 6.07) is 18.1. The Labute approximate surface area is 178 Å². The van der Waals surface area contributed by atoms with Gasteiger partial charge < -0.3 is 4.42 Å². The van der Waals surface area contributed by atoms with E-state index in [-0.39, 0.29) is 5.91 Å². The van der Waals surface area contributed by atoms with E-state index in [2.05, 4.69) is 55.6 Å². The van der Waals surface area contributed by atoms with Gasteiger partial charge in [-0.05, 0) is 58.1 Å². The van der Waals surface area contributed by atoms with Crippen LogP contribution in [0.2, 0.25) is 0 Å². The van der Waals surface area contributed by atoms with E-state index in [4.69, 9.17) is 4.42 Å². The number of carbonyl (C=O) groups excluding carboxylic acids is 1. The highest BCUT2D eigenvalue weighted by molar-refractivity contribution is 9.10. The van der Waals surface area contributed by atoms with Crippen LogP contribution >= 0.6 is 15.9 Å². The third-order valence-corrected chi connectivity index (χ3v) is 5.85. The first-order valence-electron chi connectivity index (χ1n) is 9.56. The minimum Gasteiger partial charge on any atom is -0.459 e. The molecule has 1 aliphatic heterocycles. The molecule has 148 valence electrons. The zero-order valence-electron chi connectivity index (χ0n) is 16.2. The third kappa shape index (κ3) is 4.83. The summed E-state index contributed by atoms with van der Waals surface area (Å²) in [4.78, 5) is 14.7. The number of halogens is 1. The molecule has 6 heteroatoms. The van der Waals surface area contributed by atoms with Gasteiger partial charge in [0.25, 0.3) is 5.91 Å². The topological polar surface area (TPSA) is 57.8 Å². The number of hydrazone groups is 1. The number of fused-ring (bicyclic) bond motifs is 1. The zero-order valence-corrected chi connectivity index (χ0v) is 17.8. The summed E-state index contributed by atoms with van der Waals surface area (Å²) in [7, 11) is 0. The summed E-state index contributed by atoms with van der Waals surface area (Å²) in [6.45, 7) is 4.75. The molecule has 0 radical (unpaired) electrons. The number of aryl methyl sites for hydroxylation is 1. The number of nitrogens with zero attached hydrogens (tertiary/aromatic N) is 2. The number of hydrogen-bond acceptors (Lipinski definition) is 4. The van der Waals surface area contributed by atoms with Crippen molar-refractivity contribution in [2.24, 2.45) is 5.10 Å². The molecule has 0 bridgehead atoms. The minimum atomic E-state index is -0.248. The Morgan fingerprint density at radius 2 is 1.97 bits per heavy atom. The quantitative estimate of drug-likeness (QED) is 0.452. The summed E-state index contributed by atoms with van der Waals surface area (Å²) in [5.41, 5.74) is 7.16. The lowest BCUT2D eigenvalue weighted by Crippen LogP contribution is -2.30. The molecule has 0 atom stereocenters. The molecular weight excluding hydrogens is 430 g/mol. The molecule has 4 rings (SSSR count). The second-order valence-electron chi connectivity index (χ2n) is 7.18. The van der Waals surface area contributed by atoms with Gasteiger partial charge in [0.2, 0.25) is 0 Å². The second kappa shape index (κ2) is 8.76. The number of nitrogens with one attached hydrogen (secondary N) is 1. The molecule has 2 aromatic carbocycles. The number of furan rings is 1. The molecule has 5 nitrogen and oxygen atoms in total. The van der Waals surface area contributed by atoms with Gasteiger partial charge in [0.15, 0.2) is 0 Å². The van der Waals surface area contributed by atoms with Crippen LogP contribution in [0.15, 0.2) is 68.6 Å². The van der Waals surface area contributed by atoms with Crippen molar-refractivity contribution in [3.05, 3.63) is 92.8 Å². The third-order valence-electron chi connectivity index (χ3n) is 5.07. The Kier molecular flexibility index (Phi) is 5.92. The fourth-order valence-electron chi connectivity index (χ4n) is 3.47. The van der Waals surface area contributed by atoms with Crippen LogP contribution in [0.4, 0.5) is 0 Å². The maximum Gasteiger partial charge on any atom is 0.271 e. The number of rotatable bonds is 5. The molecule has 0 saturated carbocycles. The lowest BCUT2D eigenvalue weighted by Gasteiger charge is -2.28. The minimum absolute atomic E-state index is 0.248. The SMILES string of the molecule is Cc1oc(/C=N/NC(=O)c2ccc(CN3CCc4ccccc4C3)cc2)cc1Br. The lowest BCUT2D eigenvalue weighted by atomic mass is 9.99. The van der Waals surface area contributed by atoms with E-state index < -0.39 is 0 Å². The Hall–Kier alpha value is -2.70. The normalized spacial score (nSPS) is 14.1. The van der Waals surface area contributed by atoms with E-state index in [1.807, 2.05) is 31.2 Å². The van der Waals surface area contributed by atoms with Gasteiger partial charge >= 0.3 is 0 Å². The predicted molar refractivity (Wildman–Crippen MR) is 117 cm³/mol. The van der Waals surface area contributed by atoms with Crippen molar-refractivity contribution in [3.8, 4) is 0 Å². The summed E-state index contributed by atoms with van der Waals surface area (Å²) in [5, 5.41) is 3.96. The Morgan fingerprint density at radius 1 is 1.21 bits per heavy atom. The van der Waals surface area contributed by atoms with Crippen LogP contribution in [0.5, 0.6) is 0 Å². The van der Waals surface area contributed by atoms with Crippen LogP contribution in [0, 0.1) is 6.92 Å². The van der Waals surface area contributed by atoms with Gasteiger partial charge in [-0.3, -0.25) is 9.69 Å². The first-order chi connectivity index (χ1) is 14.1. The maximum atomic E-state index is 12.3. The van der Waals surface area contributed by atoms with E-state index in [0.29, 0.717) is 11.3 Å². The van der Waals surface area contributed by atoms with Crippen molar-refractivity contribution in [1.82, 2.24) is 10.3 Å². The molecule has 0 spiro atoms. The molecule has 0 unspecified atom stereocenters. The molecular formula is C23H22BrN3O2. The molecule has 29 heavy (non-hydrogen) atoms. The van der Waals surface area contributed by atoms with Crippen LogP contribution in [-0.2, 0) is 19.5 Å². The number of benzene rings is 2. The van der Waals surface area contributed by atoms with Crippen LogP contribution < -0.4 is 5.43 Å². The summed E-state index contributed by atoms with van der Waals surface area (Å²) < 4.78 is 6.33. The van der Waals surface area contributed by atoms with Crippen molar-refractivity contribution in [3.63, 3.8) is 0 Å². The standard InChI is InChI=1S/C23H22BrN3O2/c1-16-22(24)12-21(29-16)13-25-26-23(28)19-8-6-17(7-9-19)14-27-11-10-18-4-2-3-5-20(18)15-27/h2-9,12-13H,10-11,14-15H2,1H3,(H,26,28)/b25-13+.